The molecule has 114 valence electrons. The molecule has 5 nitrogen and oxygen atoms in total. The largest absolute Gasteiger partial charge is 0.508 e. The quantitative estimate of drug-likeness (QED) is 0.867. The van der Waals surface area contributed by atoms with Crippen molar-refractivity contribution in [2.24, 2.45) is 5.92 Å². The molecular weight excluding hydrogens is 268 g/mol. The zero-order valence-electron chi connectivity index (χ0n) is 12.3. The van der Waals surface area contributed by atoms with Gasteiger partial charge in [-0.15, -0.1) is 0 Å². The van der Waals surface area contributed by atoms with Crippen molar-refractivity contribution in [3.8, 4) is 5.75 Å². The van der Waals surface area contributed by atoms with Crippen LogP contribution in [-0.2, 0) is 9.53 Å². The predicted octanol–water partition coefficient (Wildman–Crippen LogP) is 1.51. The molecule has 3 rings (SSSR count). The first-order valence-electron chi connectivity index (χ1n) is 7.52. The van der Waals surface area contributed by atoms with E-state index < -0.39 is 0 Å². The van der Waals surface area contributed by atoms with Crippen LogP contribution in [0.4, 0.5) is 5.69 Å². The number of amides is 1. The average molecular weight is 290 g/mol. The number of hydrogen-bond donors (Lipinski definition) is 2. The topological polar surface area (TPSA) is 61.8 Å². The van der Waals surface area contributed by atoms with Crippen molar-refractivity contribution in [2.75, 3.05) is 31.1 Å². The summed E-state index contributed by atoms with van der Waals surface area (Å²) in [6.45, 7) is 4.71. The van der Waals surface area contributed by atoms with Gasteiger partial charge < -0.3 is 20.1 Å². The highest BCUT2D eigenvalue weighted by atomic mass is 16.5. The highest BCUT2D eigenvalue weighted by Crippen LogP contribution is 2.33. The van der Waals surface area contributed by atoms with E-state index >= 15 is 0 Å². The molecule has 1 amide bonds. The van der Waals surface area contributed by atoms with Crippen molar-refractivity contribution >= 4 is 11.6 Å². The summed E-state index contributed by atoms with van der Waals surface area (Å²) in [5, 5.41) is 13.0. The van der Waals surface area contributed by atoms with Crippen molar-refractivity contribution < 1.29 is 14.6 Å². The number of aromatic hydroxyl groups is 1. The van der Waals surface area contributed by atoms with Gasteiger partial charge in [0.05, 0.1) is 12.1 Å². The van der Waals surface area contributed by atoms with Crippen LogP contribution in [0.15, 0.2) is 24.3 Å². The lowest BCUT2D eigenvalue weighted by Gasteiger charge is -2.46. The summed E-state index contributed by atoms with van der Waals surface area (Å²) in [6.07, 6.45) is 2.26. The molecule has 0 aromatic heterocycles. The van der Waals surface area contributed by atoms with Crippen molar-refractivity contribution in [3.63, 3.8) is 0 Å². The van der Waals surface area contributed by atoms with Crippen LogP contribution >= 0.6 is 0 Å². The number of rotatable bonds is 2. The van der Waals surface area contributed by atoms with E-state index in [1.807, 2.05) is 6.07 Å². The van der Waals surface area contributed by atoms with Gasteiger partial charge in [-0.2, -0.15) is 0 Å². The van der Waals surface area contributed by atoms with E-state index in [4.69, 9.17) is 4.74 Å². The first-order chi connectivity index (χ1) is 10.1. The van der Waals surface area contributed by atoms with Crippen LogP contribution in [-0.4, -0.2) is 42.9 Å². The second-order valence-corrected chi connectivity index (χ2v) is 6.14. The fourth-order valence-corrected chi connectivity index (χ4v) is 3.27. The van der Waals surface area contributed by atoms with E-state index in [0.717, 1.165) is 31.6 Å². The fourth-order valence-electron chi connectivity index (χ4n) is 3.27. The van der Waals surface area contributed by atoms with E-state index in [1.165, 1.54) is 0 Å². The number of carbonyl (C=O) groups excluding carboxylic acids is 1. The summed E-state index contributed by atoms with van der Waals surface area (Å²) in [5.74, 6) is 0.522. The van der Waals surface area contributed by atoms with E-state index in [2.05, 4.69) is 12.2 Å². The van der Waals surface area contributed by atoms with Crippen LogP contribution in [0, 0.1) is 5.92 Å². The third-order valence-electron chi connectivity index (χ3n) is 4.60. The third kappa shape index (κ3) is 2.89. The molecule has 5 heteroatoms. The van der Waals surface area contributed by atoms with Gasteiger partial charge in [-0.05, 0) is 38.4 Å². The fraction of sp³-hybridized carbons (Fsp3) is 0.562. The van der Waals surface area contributed by atoms with Gasteiger partial charge in [0.1, 0.15) is 12.4 Å². The Morgan fingerprint density at radius 1 is 1.48 bits per heavy atom. The van der Waals surface area contributed by atoms with Crippen molar-refractivity contribution in [2.45, 2.75) is 25.4 Å². The summed E-state index contributed by atoms with van der Waals surface area (Å²) < 4.78 is 5.91. The minimum atomic E-state index is -0.340. The smallest absolute Gasteiger partial charge is 0.253 e. The SMILES string of the molecule is CC1(C2CCCNC2)CN(c2cccc(O)c2)C(=O)CO1. The van der Waals surface area contributed by atoms with Crippen LogP contribution in [0.1, 0.15) is 19.8 Å². The van der Waals surface area contributed by atoms with Gasteiger partial charge in [0.2, 0.25) is 0 Å². The number of morpholine rings is 1. The number of nitrogens with zero attached hydrogens (tertiary/aromatic N) is 1. The Balaban J connectivity index is 1.82. The Hall–Kier alpha value is -1.59. The lowest BCUT2D eigenvalue weighted by atomic mass is 9.82. The number of phenolic OH excluding ortho intramolecular Hbond substituents is 1. The normalized spacial score (nSPS) is 30.4. The Bertz CT molecular complexity index is 528. The summed E-state index contributed by atoms with van der Waals surface area (Å²) in [6, 6.07) is 6.84. The number of carbonyl (C=O) groups is 1. The molecule has 0 saturated carbocycles. The molecule has 0 radical (unpaired) electrons. The Morgan fingerprint density at radius 2 is 2.33 bits per heavy atom. The zero-order chi connectivity index (χ0) is 14.9. The van der Waals surface area contributed by atoms with Gasteiger partial charge in [0, 0.05) is 24.2 Å². The molecule has 2 unspecified atom stereocenters. The maximum Gasteiger partial charge on any atom is 0.253 e. The number of phenols is 1. The number of benzene rings is 1. The maximum atomic E-state index is 12.2. The van der Waals surface area contributed by atoms with Crippen LogP contribution in [0.3, 0.4) is 0 Å². The molecule has 2 heterocycles. The van der Waals surface area contributed by atoms with Gasteiger partial charge in [0.15, 0.2) is 0 Å². The molecule has 1 aromatic carbocycles. The van der Waals surface area contributed by atoms with E-state index in [9.17, 15) is 9.90 Å². The van der Waals surface area contributed by atoms with Crippen molar-refractivity contribution in [1.82, 2.24) is 5.32 Å². The van der Waals surface area contributed by atoms with Gasteiger partial charge in [-0.3, -0.25) is 4.79 Å². The molecule has 0 spiro atoms. The molecule has 2 saturated heterocycles. The number of anilines is 1. The van der Waals surface area contributed by atoms with Crippen LogP contribution in [0.25, 0.3) is 0 Å². The minimum absolute atomic E-state index is 0.0538. The molecule has 2 N–H and O–H groups in total. The van der Waals surface area contributed by atoms with E-state index in [1.54, 1.807) is 23.1 Å². The summed E-state index contributed by atoms with van der Waals surface area (Å²) in [7, 11) is 0. The predicted molar refractivity (Wildman–Crippen MR) is 80.4 cm³/mol. The lowest BCUT2D eigenvalue weighted by Crippen LogP contribution is -2.59. The highest BCUT2D eigenvalue weighted by Gasteiger charge is 2.42. The second kappa shape index (κ2) is 5.66. The first kappa shape index (κ1) is 14.4. The molecule has 2 aliphatic rings. The standard InChI is InChI=1S/C16H22N2O3/c1-16(12-4-3-7-17-9-12)11-18(15(20)10-21-16)13-5-2-6-14(19)8-13/h2,5-6,8,12,17,19H,3-4,7,9-11H2,1H3. The number of ether oxygens (including phenoxy) is 1. The van der Waals surface area contributed by atoms with Gasteiger partial charge in [-0.25, -0.2) is 0 Å². The van der Waals surface area contributed by atoms with Crippen molar-refractivity contribution in [1.29, 1.82) is 0 Å². The summed E-state index contributed by atoms with van der Waals surface area (Å²) in [5.41, 5.74) is 0.394. The molecule has 0 bridgehead atoms. The second-order valence-electron chi connectivity index (χ2n) is 6.14. The highest BCUT2D eigenvalue weighted by molar-refractivity contribution is 5.95. The van der Waals surface area contributed by atoms with Gasteiger partial charge in [0.25, 0.3) is 5.91 Å². The van der Waals surface area contributed by atoms with E-state index in [0.29, 0.717) is 12.5 Å². The molecule has 1 aromatic rings. The Morgan fingerprint density at radius 3 is 3.05 bits per heavy atom. The summed E-state index contributed by atoms with van der Waals surface area (Å²) in [4.78, 5) is 13.9. The summed E-state index contributed by atoms with van der Waals surface area (Å²) >= 11 is 0. The van der Waals surface area contributed by atoms with Crippen LogP contribution in [0.2, 0.25) is 0 Å². The third-order valence-corrected chi connectivity index (χ3v) is 4.60. The Kier molecular flexibility index (Phi) is 3.87. The maximum absolute atomic E-state index is 12.2. The molecule has 2 fully saturated rings. The Labute approximate surface area is 124 Å². The molecule has 0 aliphatic carbocycles. The minimum Gasteiger partial charge on any atom is -0.508 e. The van der Waals surface area contributed by atoms with E-state index in [-0.39, 0.29) is 23.9 Å². The monoisotopic (exact) mass is 290 g/mol. The average Bonchev–Trinajstić information content (AvgIpc) is 2.51. The zero-order valence-corrected chi connectivity index (χ0v) is 12.3. The van der Waals surface area contributed by atoms with Crippen molar-refractivity contribution in [3.05, 3.63) is 24.3 Å². The number of nitrogens with one attached hydrogen (secondary N) is 1. The van der Waals surface area contributed by atoms with Gasteiger partial charge in [-0.1, -0.05) is 6.07 Å². The lowest BCUT2D eigenvalue weighted by molar-refractivity contribution is -0.144. The molecule has 21 heavy (non-hydrogen) atoms. The number of piperidine rings is 1. The van der Waals surface area contributed by atoms with Crippen LogP contribution < -0.4 is 10.2 Å². The van der Waals surface area contributed by atoms with Gasteiger partial charge >= 0.3 is 0 Å². The molecular formula is C16H22N2O3. The number of hydrogen-bond acceptors (Lipinski definition) is 4. The van der Waals surface area contributed by atoms with Crippen LogP contribution in [0.5, 0.6) is 5.75 Å². The molecule has 2 atom stereocenters. The first-order valence-corrected chi connectivity index (χ1v) is 7.52. The molecule has 2 aliphatic heterocycles.